The Labute approximate surface area is 220 Å². The summed E-state index contributed by atoms with van der Waals surface area (Å²) in [5.41, 5.74) is 1.03. The quantitative estimate of drug-likeness (QED) is 0.122. The molecule has 0 radical (unpaired) electrons. The van der Waals surface area contributed by atoms with Gasteiger partial charge in [0, 0.05) is 6.54 Å². The van der Waals surface area contributed by atoms with Gasteiger partial charge in [-0.2, -0.15) is 0 Å². The first-order chi connectivity index (χ1) is 15.9. The number of nitrogens with one attached hydrogen (secondary N) is 1. The van der Waals surface area contributed by atoms with Crippen molar-refractivity contribution in [3.05, 3.63) is 12.3 Å². The Hall–Kier alpha value is -0.540. The summed E-state index contributed by atoms with van der Waals surface area (Å²) in [7, 11) is 4.40. The van der Waals surface area contributed by atoms with Gasteiger partial charge >= 0.3 is 0 Å². The maximum atomic E-state index is 12.3. The fraction of sp³-hybridized carbons (Fsp3) is 0.900. The molecule has 0 atom stereocenters. The molecule has 0 bridgehead atoms. The minimum atomic E-state index is 0. The van der Waals surface area contributed by atoms with E-state index in [2.05, 4.69) is 39.8 Å². The molecule has 34 heavy (non-hydrogen) atoms. The molecule has 0 unspecified atom stereocenters. The molecular formula is C30H61ClN2O. The summed E-state index contributed by atoms with van der Waals surface area (Å²) < 4.78 is 0.767. The van der Waals surface area contributed by atoms with E-state index in [-0.39, 0.29) is 18.3 Å². The number of unbranched alkanes of at least 4 members (excludes halogenated alkanes) is 18. The van der Waals surface area contributed by atoms with Crippen molar-refractivity contribution >= 4 is 5.91 Å². The summed E-state index contributed by atoms with van der Waals surface area (Å²) in [6, 6.07) is 0. The number of halogens is 1. The number of amides is 1. The van der Waals surface area contributed by atoms with Gasteiger partial charge in [0.05, 0.1) is 20.6 Å². The lowest BCUT2D eigenvalue weighted by Gasteiger charge is -2.31. The van der Waals surface area contributed by atoms with Crippen molar-refractivity contribution in [3.8, 4) is 0 Å². The Morgan fingerprint density at radius 2 is 0.971 bits per heavy atom. The average Bonchev–Trinajstić information content (AvgIpc) is 2.78. The van der Waals surface area contributed by atoms with Crippen LogP contribution in [0, 0.1) is 0 Å². The maximum Gasteiger partial charge on any atom is 0.229 e. The van der Waals surface area contributed by atoms with Crippen LogP contribution in [-0.4, -0.2) is 37.6 Å². The highest BCUT2D eigenvalue weighted by atomic mass is 35.5. The fourth-order valence-electron chi connectivity index (χ4n) is 4.45. The number of nitrogens with zero attached hydrogens (tertiary/aromatic N) is 1. The van der Waals surface area contributed by atoms with Gasteiger partial charge in [0.15, 0.2) is 0 Å². The van der Waals surface area contributed by atoms with Crippen LogP contribution in [-0.2, 0) is 4.79 Å². The largest absolute Gasteiger partial charge is 1.00 e. The van der Waals surface area contributed by atoms with E-state index >= 15 is 0 Å². The molecule has 0 aliphatic heterocycles. The van der Waals surface area contributed by atoms with Crippen molar-refractivity contribution in [2.45, 2.75) is 149 Å². The molecule has 0 saturated heterocycles. The zero-order valence-corrected chi connectivity index (χ0v) is 24.5. The number of carbonyl (C=O) groups excluding carboxylic acids is 1. The summed E-state index contributed by atoms with van der Waals surface area (Å²) in [6.07, 6.45) is 27.4. The Morgan fingerprint density at radius 3 is 1.38 bits per heavy atom. The number of hydrogen-bond acceptors (Lipinski definition) is 1. The van der Waals surface area contributed by atoms with Crippen molar-refractivity contribution in [2.75, 3.05) is 27.2 Å². The molecule has 0 fully saturated rings. The van der Waals surface area contributed by atoms with E-state index in [1.54, 1.807) is 0 Å². The first kappa shape index (κ1) is 35.6. The van der Waals surface area contributed by atoms with Crippen LogP contribution in [0.5, 0.6) is 0 Å². The smallest absolute Gasteiger partial charge is 0.229 e. The summed E-state index contributed by atoms with van der Waals surface area (Å²) in [4.78, 5) is 12.3. The van der Waals surface area contributed by atoms with Gasteiger partial charge in [-0.15, -0.1) is 0 Å². The van der Waals surface area contributed by atoms with Crippen molar-refractivity contribution < 1.29 is 21.7 Å². The van der Waals surface area contributed by atoms with E-state index in [0.29, 0.717) is 6.42 Å². The number of carbonyl (C=O) groups is 1. The van der Waals surface area contributed by atoms with Crippen molar-refractivity contribution in [3.63, 3.8) is 0 Å². The third kappa shape index (κ3) is 23.2. The van der Waals surface area contributed by atoms with Crippen molar-refractivity contribution in [1.82, 2.24) is 5.32 Å². The lowest BCUT2D eigenvalue weighted by molar-refractivity contribution is -0.853. The molecule has 0 spiro atoms. The minimum Gasteiger partial charge on any atom is -1.00 e. The molecule has 0 aromatic carbocycles. The van der Waals surface area contributed by atoms with Crippen LogP contribution in [0.25, 0.3) is 0 Å². The Morgan fingerprint density at radius 1 is 0.618 bits per heavy atom. The SMILES string of the molecule is C=C(CC(=O)NCCCCCCCCCC)[N+](C)(C)CCCCCCCCCCCCCC.[Cl-]. The second-order valence-corrected chi connectivity index (χ2v) is 10.9. The first-order valence-electron chi connectivity index (χ1n) is 14.7. The lowest BCUT2D eigenvalue weighted by atomic mass is 10.0. The molecule has 1 N–H and O–H groups in total. The zero-order valence-electron chi connectivity index (χ0n) is 23.7. The molecule has 4 heteroatoms. The van der Waals surface area contributed by atoms with Gasteiger partial charge in [0.1, 0.15) is 12.1 Å². The maximum absolute atomic E-state index is 12.3. The van der Waals surface area contributed by atoms with Crippen LogP contribution < -0.4 is 17.7 Å². The van der Waals surface area contributed by atoms with E-state index in [9.17, 15) is 4.79 Å². The molecule has 0 heterocycles. The van der Waals surface area contributed by atoms with E-state index in [4.69, 9.17) is 0 Å². The average molecular weight is 501 g/mol. The standard InChI is InChI=1S/C30H60N2O.ClH/c1-6-8-10-12-14-16-17-18-19-21-23-25-27-32(4,5)29(3)28-30(33)31-26-24-22-20-15-13-11-9-7-2;/h3,6-28H2,1-2,4-5H3;1H. The van der Waals surface area contributed by atoms with Gasteiger partial charge in [-0.25, -0.2) is 0 Å². The van der Waals surface area contributed by atoms with Crippen molar-refractivity contribution in [2.24, 2.45) is 0 Å². The van der Waals surface area contributed by atoms with E-state index in [1.165, 1.54) is 122 Å². The van der Waals surface area contributed by atoms with Gasteiger partial charge in [-0.1, -0.05) is 123 Å². The van der Waals surface area contributed by atoms with E-state index < -0.39 is 0 Å². The highest BCUT2D eigenvalue weighted by molar-refractivity contribution is 5.77. The van der Waals surface area contributed by atoms with Crippen LogP contribution >= 0.6 is 0 Å². The molecule has 0 saturated carbocycles. The summed E-state index contributed by atoms with van der Waals surface area (Å²) in [6.45, 7) is 10.7. The third-order valence-corrected chi connectivity index (χ3v) is 7.14. The highest BCUT2D eigenvalue weighted by Crippen LogP contribution is 2.17. The molecule has 0 aromatic rings. The monoisotopic (exact) mass is 500 g/mol. The Balaban J connectivity index is 0. The van der Waals surface area contributed by atoms with Crippen LogP contribution in [0.4, 0.5) is 0 Å². The van der Waals surface area contributed by atoms with Gasteiger partial charge < -0.3 is 17.7 Å². The van der Waals surface area contributed by atoms with Gasteiger partial charge in [-0.3, -0.25) is 9.28 Å². The predicted molar refractivity (Wildman–Crippen MR) is 147 cm³/mol. The highest BCUT2D eigenvalue weighted by Gasteiger charge is 2.22. The Bertz CT molecular complexity index is 465. The number of quaternary nitrogens is 1. The first-order valence-corrected chi connectivity index (χ1v) is 14.7. The molecular weight excluding hydrogens is 440 g/mol. The molecule has 0 aromatic heterocycles. The summed E-state index contributed by atoms with van der Waals surface area (Å²) in [5.74, 6) is 0.142. The van der Waals surface area contributed by atoms with Crippen LogP contribution in [0.15, 0.2) is 12.3 Å². The molecule has 0 aliphatic carbocycles. The zero-order chi connectivity index (χ0) is 24.6. The Kier molecular flexibility index (Phi) is 26.8. The van der Waals surface area contributed by atoms with Gasteiger partial charge in [0.2, 0.25) is 5.91 Å². The predicted octanol–water partition coefficient (Wildman–Crippen LogP) is 5.93. The molecule has 0 rings (SSSR count). The lowest BCUT2D eigenvalue weighted by Crippen LogP contribution is -3.00. The minimum absolute atomic E-state index is 0. The van der Waals surface area contributed by atoms with Crippen molar-refractivity contribution in [1.29, 1.82) is 0 Å². The second-order valence-electron chi connectivity index (χ2n) is 10.9. The molecule has 0 aliphatic rings. The van der Waals surface area contributed by atoms with Crippen LogP contribution in [0.3, 0.4) is 0 Å². The number of hydrogen-bond donors (Lipinski definition) is 1. The second kappa shape index (κ2) is 25.5. The molecule has 204 valence electrons. The number of rotatable bonds is 25. The van der Waals surface area contributed by atoms with Gasteiger partial charge in [-0.05, 0) is 25.8 Å². The van der Waals surface area contributed by atoms with Crippen LogP contribution in [0.1, 0.15) is 149 Å². The fourth-order valence-corrected chi connectivity index (χ4v) is 4.45. The topological polar surface area (TPSA) is 29.1 Å². The van der Waals surface area contributed by atoms with Gasteiger partial charge in [0.25, 0.3) is 0 Å². The molecule has 3 nitrogen and oxygen atoms in total. The van der Waals surface area contributed by atoms with E-state index in [0.717, 1.165) is 29.7 Å². The molecule has 1 amide bonds. The van der Waals surface area contributed by atoms with Crippen LogP contribution in [0.2, 0.25) is 0 Å². The normalized spacial score (nSPS) is 11.3. The van der Waals surface area contributed by atoms with E-state index in [1.807, 2.05) is 0 Å². The third-order valence-electron chi connectivity index (χ3n) is 7.14. The summed E-state index contributed by atoms with van der Waals surface area (Å²) in [5, 5.41) is 3.10. The summed E-state index contributed by atoms with van der Waals surface area (Å²) >= 11 is 0.